The third-order valence-electron chi connectivity index (χ3n) is 5.62. The quantitative estimate of drug-likeness (QED) is 0.236. The maximum Gasteiger partial charge on any atom is 0.338 e. The lowest BCUT2D eigenvalue weighted by molar-refractivity contribution is 0.0525. The Hall–Kier alpha value is -3.81. The topological polar surface area (TPSA) is 138 Å². The van der Waals surface area contributed by atoms with Gasteiger partial charge in [-0.15, -0.1) is 11.3 Å². The van der Waals surface area contributed by atoms with Gasteiger partial charge in [0.15, 0.2) is 11.5 Å². The van der Waals surface area contributed by atoms with Crippen LogP contribution in [0.3, 0.4) is 0 Å². The maximum atomic E-state index is 13.7. The lowest BCUT2D eigenvalue weighted by Gasteiger charge is -2.21. The van der Waals surface area contributed by atoms with E-state index in [1.54, 1.807) is 32.9 Å². The van der Waals surface area contributed by atoms with Crippen LogP contribution in [0.5, 0.6) is 11.5 Å². The predicted octanol–water partition coefficient (Wildman–Crippen LogP) is 5.63. The standard InChI is InChI=1S/C28H31ClN2O9S2/c1-6-37-21-11-10-20(15-22(21)38-7-2)31(5)42(35,36)23-16-24(29)41-25(23)26(32)30-19-13-17(27(33)39-8-3)12-18(14-19)28(34)40-9-4/h10-16H,6-9H2,1-5H3,(H,30,32). The van der Waals surface area contributed by atoms with Gasteiger partial charge in [0.2, 0.25) is 0 Å². The van der Waals surface area contributed by atoms with E-state index in [0.717, 1.165) is 15.6 Å². The summed E-state index contributed by atoms with van der Waals surface area (Å²) >= 11 is 6.95. The molecule has 3 rings (SSSR count). The summed E-state index contributed by atoms with van der Waals surface area (Å²) in [6, 6.07) is 9.76. The summed E-state index contributed by atoms with van der Waals surface area (Å²) < 4.78 is 49.8. The largest absolute Gasteiger partial charge is 0.490 e. The Bertz CT molecular complexity index is 1540. The molecule has 226 valence electrons. The number of thiophene rings is 1. The number of sulfonamides is 1. The fraction of sp³-hybridized carbons (Fsp3) is 0.321. The second kappa shape index (κ2) is 14.4. The zero-order valence-electron chi connectivity index (χ0n) is 23.7. The van der Waals surface area contributed by atoms with Gasteiger partial charge in [-0.1, -0.05) is 11.6 Å². The van der Waals surface area contributed by atoms with E-state index in [1.165, 1.54) is 37.4 Å². The van der Waals surface area contributed by atoms with E-state index in [0.29, 0.717) is 24.7 Å². The number of halogens is 1. The first-order valence-corrected chi connectivity index (χ1v) is 15.6. The molecule has 11 nitrogen and oxygen atoms in total. The zero-order chi connectivity index (χ0) is 31.0. The summed E-state index contributed by atoms with van der Waals surface area (Å²) in [5.41, 5.74) is 0.296. The number of carbonyl (C=O) groups is 3. The Kier molecular flexibility index (Phi) is 11.2. The molecule has 1 aromatic heterocycles. The van der Waals surface area contributed by atoms with E-state index >= 15 is 0 Å². The number of carbonyl (C=O) groups excluding carboxylic acids is 3. The number of amides is 1. The van der Waals surface area contributed by atoms with Crippen LogP contribution in [0.2, 0.25) is 4.34 Å². The monoisotopic (exact) mass is 638 g/mol. The first-order valence-electron chi connectivity index (χ1n) is 12.9. The van der Waals surface area contributed by atoms with E-state index in [-0.39, 0.29) is 49.8 Å². The molecule has 0 fully saturated rings. The number of esters is 2. The highest BCUT2D eigenvalue weighted by Gasteiger charge is 2.31. The highest BCUT2D eigenvalue weighted by molar-refractivity contribution is 7.93. The molecule has 0 aliphatic carbocycles. The van der Waals surface area contributed by atoms with Crippen LogP contribution in [0.1, 0.15) is 58.1 Å². The smallest absolute Gasteiger partial charge is 0.338 e. The van der Waals surface area contributed by atoms with Crippen LogP contribution in [-0.4, -0.2) is 59.7 Å². The Morgan fingerprint density at radius 2 is 1.40 bits per heavy atom. The third-order valence-corrected chi connectivity index (χ3v) is 8.82. The van der Waals surface area contributed by atoms with Crippen LogP contribution in [0.15, 0.2) is 47.4 Å². The minimum Gasteiger partial charge on any atom is -0.490 e. The molecule has 3 aromatic rings. The zero-order valence-corrected chi connectivity index (χ0v) is 26.1. The fourth-order valence-electron chi connectivity index (χ4n) is 3.77. The molecule has 0 unspecified atom stereocenters. The van der Waals surface area contributed by atoms with Gasteiger partial charge in [0.25, 0.3) is 15.9 Å². The number of rotatable bonds is 13. The molecule has 14 heteroatoms. The molecule has 1 heterocycles. The third kappa shape index (κ3) is 7.52. The van der Waals surface area contributed by atoms with Crippen molar-refractivity contribution < 1.29 is 41.7 Å². The Balaban J connectivity index is 1.99. The predicted molar refractivity (Wildman–Crippen MR) is 160 cm³/mol. The van der Waals surface area contributed by atoms with Gasteiger partial charge >= 0.3 is 11.9 Å². The van der Waals surface area contributed by atoms with Gasteiger partial charge in [-0.2, -0.15) is 0 Å². The van der Waals surface area contributed by atoms with Crippen molar-refractivity contribution in [2.45, 2.75) is 32.6 Å². The minimum atomic E-state index is -4.30. The molecule has 0 aliphatic rings. The van der Waals surface area contributed by atoms with Gasteiger partial charge in [0.05, 0.1) is 47.6 Å². The average Bonchev–Trinajstić information content (AvgIpc) is 3.36. The second-order valence-corrected chi connectivity index (χ2v) is 12.0. The molecular formula is C28H31ClN2O9S2. The normalized spacial score (nSPS) is 11.0. The molecule has 0 spiro atoms. The van der Waals surface area contributed by atoms with Crippen molar-refractivity contribution in [2.24, 2.45) is 0 Å². The van der Waals surface area contributed by atoms with Gasteiger partial charge in [-0.25, -0.2) is 18.0 Å². The van der Waals surface area contributed by atoms with E-state index < -0.39 is 27.9 Å². The van der Waals surface area contributed by atoms with Gasteiger partial charge < -0.3 is 24.3 Å². The molecule has 0 saturated heterocycles. The number of nitrogens with one attached hydrogen (secondary N) is 1. The number of benzene rings is 2. The molecule has 42 heavy (non-hydrogen) atoms. The van der Waals surface area contributed by atoms with Crippen molar-refractivity contribution in [1.29, 1.82) is 0 Å². The van der Waals surface area contributed by atoms with Crippen molar-refractivity contribution >= 4 is 62.2 Å². The summed E-state index contributed by atoms with van der Waals surface area (Å²) in [6.45, 7) is 7.76. The van der Waals surface area contributed by atoms with Crippen molar-refractivity contribution in [2.75, 3.05) is 43.1 Å². The van der Waals surface area contributed by atoms with Crippen LogP contribution in [0, 0.1) is 0 Å². The van der Waals surface area contributed by atoms with E-state index in [4.69, 9.17) is 30.5 Å². The first-order chi connectivity index (χ1) is 20.0. The van der Waals surface area contributed by atoms with Crippen molar-refractivity contribution in [3.05, 3.63) is 62.8 Å². The highest BCUT2D eigenvalue weighted by Crippen LogP contribution is 2.37. The Morgan fingerprint density at radius 1 is 0.833 bits per heavy atom. The molecule has 0 saturated carbocycles. The van der Waals surface area contributed by atoms with Crippen molar-refractivity contribution in [1.82, 2.24) is 0 Å². The van der Waals surface area contributed by atoms with E-state index in [9.17, 15) is 22.8 Å². The van der Waals surface area contributed by atoms with Gasteiger partial charge in [-0.3, -0.25) is 9.10 Å². The summed E-state index contributed by atoms with van der Waals surface area (Å²) in [5.74, 6) is -1.44. The number of anilines is 2. The van der Waals surface area contributed by atoms with Crippen LogP contribution < -0.4 is 19.1 Å². The lowest BCUT2D eigenvalue weighted by Crippen LogP contribution is -2.28. The molecule has 0 bridgehead atoms. The van der Waals surface area contributed by atoms with Crippen molar-refractivity contribution in [3.8, 4) is 11.5 Å². The Morgan fingerprint density at radius 3 is 1.95 bits per heavy atom. The molecule has 0 radical (unpaired) electrons. The number of nitrogens with zero attached hydrogens (tertiary/aromatic N) is 1. The molecular weight excluding hydrogens is 608 g/mol. The minimum absolute atomic E-state index is 0.00454. The second-order valence-electron chi connectivity index (χ2n) is 8.41. The van der Waals surface area contributed by atoms with Crippen LogP contribution in [-0.2, 0) is 19.5 Å². The highest BCUT2D eigenvalue weighted by atomic mass is 35.5. The van der Waals surface area contributed by atoms with Gasteiger partial charge in [-0.05, 0) is 64.1 Å². The number of hydrogen-bond donors (Lipinski definition) is 1. The summed E-state index contributed by atoms with van der Waals surface area (Å²) in [4.78, 5) is 37.7. The summed E-state index contributed by atoms with van der Waals surface area (Å²) in [7, 11) is -2.96. The summed E-state index contributed by atoms with van der Waals surface area (Å²) in [6.07, 6.45) is 0. The first kappa shape index (κ1) is 32.7. The molecule has 0 aliphatic heterocycles. The molecule has 2 aromatic carbocycles. The molecule has 0 atom stereocenters. The summed E-state index contributed by atoms with van der Waals surface area (Å²) in [5, 5.41) is 2.56. The Labute approximate surface area is 253 Å². The number of ether oxygens (including phenoxy) is 4. The fourth-order valence-corrected chi connectivity index (χ4v) is 6.65. The average molecular weight is 639 g/mol. The number of hydrogen-bond acceptors (Lipinski definition) is 10. The van der Waals surface area contributed by atoms with Crippen LogP contribution >= 0.6 is 22.9 Å². The molecule has 1 amide bonds. The van der Waals surface area contributed by atoms with E-state index in [1.807, 2.05) is 6.92 Å². The lowest BCUT2D eigenvalue weighted by atomic mass is 10.1. The molecule has 1 N–H and O–H groups in total. The van der Waals surface area contributed by atoms with Gasteiger partial charge in [0.1, 0.15) is 9.77 Å². The maximum absolute atomic E-state index is 13.7. The van der Waals surface area contributed by atoms with E-state index in [2.05, 4.69) is 5.32 Å². The van der Waals surface area contributed by atoms with Gasteiger partial charge in [0, 0.05) is 18.8 Å². The SMILES string of the molecule is CCOC(=O)c1cc(NC(=O)c2sc(Cl)cc2S(=O)(=O)N(C)c2ccc(OCC)c(OCC)c2)cc(C(=O)OCC)c1. The van der Waals surface area contributed by atoms with Crippen LogP contribution in [0.4, 0.5) is 11.4 Å². The van der Waals surface area contributed by atoms with Crippen LogP contribution in [0.25, 0.3) is 0 Å². The van der Waals surface area contributed by atoms with Crippen molar-refractivity contribution in [3.63, 3.8) is 0 Å².